The Labute approximate surface area is 115 Å². The lowest BCUT2D eigenvalue weighted by atomic mass is 9.92. The molecule has 0 aliphatic heterocycles. The van der Waals surface area contributed by atoms with Crippen LogP contribution in [0.1, 0.15) is 52.8 Å². The van der Waals surface area contributed by atoms with Crippen molar-refractivity contribution in [1.29, 1.82) is 0 Å². The van der Waals surface area contributed by atoms with E-state index < -0.39 is 0 Å². The molecule has 0 saturated heterocycles. The number of nitrogens with zero attached hydrogens (tertiary/aromatic N) is 2. The largest absolute Gasteiger partial charge is 0.399 e. The Hall–Kier alpha value is -1.51. The summed E-state index contributed by atoms with van der Waals surface area (Å²) in [7, 11) is 0. The summed E-state index contributed by atoms with van der Waals surface area (Å²) < 4.78 is 2.35. The van der Waals surface area contributed by atoms with Crippen molar-refractivity contribution in [2.45, 2.75) is 53.5 Å². The van der Waals surface area contributed by atoms with Crippen molar-refractivity contribution in [3.8, 4) is 0 Å². The smallest absolute Gasteiger partial charge is 0.112 e. The second-order valence-electron chi connectivity index (χ2n) is 6.84. The first-order valence-corrected chi connectivity index (χ1v) is 7.03. The molecule has 0 saturated carbocycles. The topological polar surface area (TPSA) is 43.8 Å². The van der Waals surface area contributed by atoms with Gasteiger partial charge in [-0.2, -0.15) is 0 Å². The van der Waals surface area contributed by atoms with E-state index in [2.05, 4.69) is 45.3 Å². The van der Waals surface area contributed by atoms with Crippen LogP contribution in [-0.4, -0.2) is 9.55 Å². The Morgan fingerprint density at radius 3 is 2.53 bits per heavy atom. The predicted octanol–water partition coefficient (Wildman–Crippen LogP) is 4.18. The molecule has 0 spiro atoms. The van der Waals surface area contributed by atoms with Gasteiger partial charge < -0.3 is 10.3 Å². The van der Waals surface area contributed by atoms with Crippen LogP contribution in [0.5, 0.6) is 0 Å². The Morgan fingerprint density at radius 2 is 1.95 bits per heavy atom. The number of hydrogen-bond acceptors (Lipinski definition) is 2. The lowest BCUT2D eigenvalue weighted by Crippen LogP contribution is -2.13. The van der Waals surface area contributed by atoms with Gasteiger partial charge in [-0.05, 0) is 30.0 Å². The maximum atomic E-state index is 5.85. The fraction of sp³-hybridized carbons (Fsp3) is 0.562. The summed E-state index contributed by atoms with van der Waals surface area (Å²) >= 11 is 0. The van der Waals surface area contributed by atoms with E-state index >= 15 is 0 Å². The van der Waals surface area contributed by atoms with Gasteiger partial charge in [-0.1, -0.05) is 34.6 Å². The summed E-state index contributed by atoms with van der Waals surface area (Å²) in [4.78, 5) is 4.76. The van der Waals surface area contributed by atoms with E-state index in [4.69, 9.17) is 10.7 Å². The van der Waals surface area contributed by atoms with Gasteiger partial charge in [-0.3, -0.25) is 0 Å². The normalized spacial score (nSPS) is 12.5. The fourth-order valence-corrected chi connectivity index (χ4v) is 2.29. The van der Waals surface area contributed by atoms with E-state index in [1.165, 1.54) is 5.52 Å². The maximum Gasteiger partial charge on any atom is 0.112 e. The van der Waals surface area contributed by atoms with Crippen LogP contribution in [0.25, 0.3) is 11.0 Å². The zero-order chi connectivity index (χ0) is 14.2. The number of hydrogen-bond donors (Lipinski definition) is 1. The van der Waals surface area contributed by atoms with Gasteiger partial charge in [0.2, 0.25) is 0 Å². The second kappa shape index (κ2) is 4.87. The molecule has 2 aromatic rings. The Morgan fingerprint density at radius 1 is 1.26 bits per heavy atom. The average molecular weight is 259 g/mol. The molecular formula is C16H25N3. The SMILES string of the molecule is CC(C)c1nc2cc(N)ccc2n1CCC(C)(C)C. The molecule has 0 unspecified atom stereocenters. The molecule has 0 aliphatic carbocycles. The molecular weight excluding hydrogens is 234 g/mol. The number of nitrogen functional groups attached to an aromatic ring is 1. The third-order valence-electron chi connectivity index (χ3n) is 3.40. The zero-order valence-corrected chi connectivity index (χ0v) is 12.7. The molecule has 3 heteroatoms. The monoisotopic (exact) mass is 259 g/mol. The van der Waals surface area contributed by atoms with E-state index in [-0.39, 0.29) is 0 Å². The van der Waals surface area contributed by atoms with E-state index in [0.717, 1.165) is 30.0 Å². The molecule has 0 aliphatic rings. The Kier molecular flexibility index (Phi) is 3.57. The Bertz CT molecular complexity index is 573. The van der Waals surface area contributed by atoms with Gasteiger partial charge >= 0.3 is 0 Å². The van der Waals surface area contributed by atoms with Gasteiger partial charge in [0.25, 0.3) is 0 Å². The molecule has 0 bridgehead atoms. The minimum atomic E-state index is 0.332. The molecule has 3 nitrogen and oxygen atoms in total. The van der Waals surface area contributed by atoms with Crippen LogP contribution in [0, 0.1) is 5.41 Å². The van der Waals surface area contributed by atoms with E-state index in [9.17, 15) is 0 Å². The number of rotatable bonds is 3. The van der Waals surface area contributed by atoms with Gasteiger partial charge in [0.1, 0.15) is 5.82 Å². The van der Waals surface area contributed by atoms with Crippen LogP contribution in [0.15, 0.2) is 18.2 Å². The van der Waals surface area contributed by atoms with Crippen molar-refractivity contribution < 1.29 is 0 Å². The summed E-state index contributed by atoms with van der Waals surface area (Å²) in [6.45, 7) is 12.2. The molecule has 19 heavy (non-hydrogen) atoms. The lowest BCUT2D eigenvalue weighted by molar-refractivity contribution is 0.349. The molecule has 1 aromatic heterocycles. The van der Waals surface area contributed by atoms with Crippen molar-refractivity contribution in [1.82, 2.24) is 9.55 Å². The minimum Gasteiger partial charge on any atom is -0.399 e. The van der Waals surface area contributed by atoms with Gasteiger partial charge in [0, 0.05) is 18.2 Å². The number of aromatic nitrogens is 2. The molecule has 2 N–H and O–H groups in total. The Balaban J connectivity index is 2.46. The average Bonchev–Trinajstić information content (AvgIpc) is 2.63. The first-order chi connectivity index (χ1) is 8.78. The highest BCUT2D eigenvalue weighted by molar-refractivity contribution is 5.79. The third-order valence-corrected chi connectivity index (χ3v) is 3.40. The summed E-state index contributed by atoms with van der Waals surface area (Å²) in [5, 5.41) is 0. The summed E-state index contributed by atoms with van der Waals surface area (Å²) in [5.41, 5.74) is 9.17. The van der Waals surface area contributed by atoms with Crippen LogP contribution < -0.4 is 5.73 Å². The van der Waals surface area contributed by atoms with Crippen molar-refractivity contribution in [2.24, 2.45) is 5.41 Å². The third kappa shape index (κ3) is 3.09. The highest BCUT2D eigenvalue weighted by Crippen LogP contribution is 2.26. The zero-order valence-electron chi connectivity index (χ0n) is 12.7. The number of fused-ring (bicyclic) bond motifs is 1. The van der Waals surface area contributed by atoms with Gasteiger partial charge in [-0.15, -0.1) is 0 Å². The van der Waals surface area contributed by atoms with Crippen molar-refractivity contribution in [2.75, 3.05) is 5.73 Å². The predicted molar refractivity (Wildman–Crippen MR) is 82.3 cm³/mol. The van der Waals surface area contributed by atoms with Gasteiger partial charge in [0.05, 0.1) is 11.0 Å². The van der Waals surface area contributed by atoms with E-state index in [1.807, 2.05) is 12.1 Å². The van der Waals surface area contributed by atoms with Crippen LogP contribution in [0.2, 0.25) is 0 Å². The quantitative estimate of drug-likeness (QED) is 0.840. The summed E-state index contributed by atoms with van der Waals surface area (Å²) in [6.07, 6.45) is 1.14. The van der Waals surface area contributed by atoms with E-state index in [0.29, 0.717) is 11.3 Å². The molecule has 0 amide bonds. The van der Waals surface area contributed by atoms with Gasteiger partial charge in [-0.25, -0.2) is 4.98 Å². The highest BCUT2D eigenvalue weighted by Gasteiger charge is 2.16. The number of nitrogens with two attached hydrogens (primary N) is 1. The van der Waals surface area contributed by atoms with E-state index in [1.54, 1.807) is 0 Å². The molecule has 0 radical (unpaired) electrons. The standard InChI is InChI=1S/C16H25N3/c1-11(2)15-18-13-10-12(17)6-7-14(13)19(15)9-8-16(3,4)5/h6-7,10-11H,8-9,17H2,1-5H3. The molecule has 104 valence electrons. The van der Waals surface area contributed by atoms with Crippen molar-refractivity contribution >= 4 is 16.7 Å². The molecule has 0 fully saturated rings. The number of imidazole rings is 1. The number of aryl methyl sites for hydroxylation is 1. The number of benzene rings is 1. The van der Waals surface area contributed by atoms with Crippen molar-refractivity contribution in [3.63, 3.8) is 0 Å². The minimum absolute atomic E-state index is 0.332. The lowest BCUT2D eigenvalue weighted by Gasteiger charge is -2.20. The first kappa shape index (κ1) is 13.9. The fourth-order valence-electron chi connectivity index (χ4n) is 2.29. The van der Waals surface area contributed by atoms with Crippen LogP contribution in [0.3, 0.4) is 0 Å². The molecule has 1 aromatic carbocycles. The van der Waals surface area contributed by atoms with Crippen molar-refractivity contribution in [3.05, 3.63) is 24.0 Å². The van der Waals surface area contributed by atoms with Crippen LogP contribution >= 0.6 is 0 Å². The molecule has 0 atom stereocenters. The highest BCUT2D eigenvalue weighted by atomic mass is 15.1. The number of anilines is 1. The van der Waals surface area contributed by atoms with Gasteiger partial charge in [0.15, 0.2) is 0 Å². The maximum absolute atomic E-state index is 5.85. The first-order valence-electron chi connectivity index (χ1n) is 7.03. The van der Waals surface area contributed by atoms with Crippen LogP contribution in [-0.2, 0) is 6.54 Å². The van der Waals surface area contributed by atoms with Crippen LogP contribution in [0.4, 0.5) is 5.69 Å². The summed E-state index contributed by atoms with van der Waals surface area (Å²) in [6, 6.07) is 6.02. The molecule has 1 heterocycles. The second-order valence-corrected chi connectivity index (χ2v) is 6.84. The molecule has 2 rings (SSSR count). The summed E-state index contributed by atoms with van der Waals surface area (Å²) in [5.74, 6) is 1.58.